The third-order valence-electron chi connectivity index (χ3n) is 4.46. The highest BCUT2D eigenvalue weighted by molar-refractivity contribution is 6.03. The van der Waals surface area contributed by atoms with Gasteiger partial charge in [-0.05, 0) is 31.7 Å². The van der Waals surface area contributed by atoms with Gasteiger partial charge in [-0.25, -0.2) is 0 Å². The topological polar surface area (TPSA) is 51.1 Å². The van der Waals surface area contributed by atoms with E-state index in [2.05, 4.69) is 11.9 Å². The molecule has 0 saturated carbocycles. The molecule has 124 valence electrons. The number of methoxy groups -OCH3 is 1. The number of carbonyl (C=O) groups excluding carboxylic acids is 1. The number of rotatable bonds is 5. The van der Waals surface area contributed by atoms with Crippen molar-refractivity contribution in [3.63, 3.8) is 0 Å². The van der Waals surface area contributed by atoms with Crippen molar-refractivity contribution in [1.82, 2.24) is 4.90 Å². The lowest BCUT2D eigenvalue weighted by Gasteiger charge is -2.32. The van der Waals surface area contributed by atoms with E-state index in [9.17, 15) is 4.79 Å². The normalized spacial score (nSPS) is 19.8. The Balaban J connectivity index is 1.94. The number of carbonyl (C=O) groups is 1. The molecule has 0 bridgehead atoms. The molecule has 1 amide bonds. The van der Waals surface area contributed by atoms with Crippen LogP contribution in [0, 0.1) is 0 Å². The SMILES string of the molecule is CCCCOc1cc2c(cc1OC)C(=O)N1CCCC[C@H]1C=N2. The van der Waals surface area contributed by atoms with Crippen molar-refractivity contribution in [3.8, 4) is 11.5 Å². The van der Waals surface area contributed by atoms with Gasteiger partial charge < -0.3 is 14.4 Å². The highest BCUT2D eigenvalue weighted by Gasteiger charge is 2.31. The van der Waals surface area contributed by atoms with Crippen molar-refractivity contribution >= 4 is 17.8 Å². The number of unbranched alkanes of at least 4 members (excludes halogenated alkanes) is 1. The lowest BCUT2D eigenvalue weighted by molar-refractivity contribution is 0.0688. The number of nitrogens with zero attached hydrogens (tertiary/aromatic N) is 2. The van der Waals surface area contributed by atoms with E-state index in [1.807, 2.05) is 17.2 Å². The molecule has 1 fully saturated rings. The van der Waals surface area contributed by atoms with Gasteiger partial charge in [-0.3, -0.25) is 9.79 Å². The molecule has 23 heavy (non-hydrogen) atoms. The number of aliphatic imine (C=N–C) groups is 1. The van der Waals surface area contributed by atoms with E-state index in [-0.39, 0.29) is 11.9 Å². The number of amides is 1. The quantitative estimate of drug-likeness (QED) is 0.780. The minimum atomic E-state index is 0.0422. The molecule has 0 aromatic heterocycles. The van der Waals surface area contributed by atoms with E-state index in [0.717, 1.165) is 38.6 Å². The van der Waals surface area contributed by atoms with Crippen LogP contribution in [0.4, 0.5) is 5.69 Å². The lowest BCUT2D eigenvalue weighted by atomic mass is 10.0. The van der Waals surface area contributed by atoms with E-state index in [1.54, 1.807) is 13.2 Å². The molecule has 1 atom stereocenters. The second-order valence-electron chi connectivity index (χ2n) is 6.06. The predicted octanol–water partition coefficient (Wildman–Crippen LogP) is 3.58. The Morgan fingerprint density at radius 1 is 1.30 bits per heavy atom. The molecule has 5 heteroatoms. The molecule has 0 aliphatic carbocycles. The maximum absolute atomic E-state index is 12.9. The van der Waals surface area contributed by atoms with Gasteiger partial charge in [-0.2, -0.15) is 0 Å². The van der Waals surface area contributed by atoms with Crippen LogP contribution < -0.4 is 9.47 Å². The van der Waals surface area contributed by atoms with E-state index in [0.29, 0.717) is 29.4 Å². The number of fused-ring (bicyclic) bond motifs is 2. The van der Waals surface area contributed by atoms with Gasteiger partial charge in [0.25, 0.3) is 5.91 Å². The Labute approximate surface area is 137 Å². The molecule has 2 heterocycles. The Morgan fingerprint density at radius 2 is 2.17 bits per heavy atom. The fraction of sp³-hybridized carbons (Fsp3) is 0.556. The second-order valence-corrected chi connectivity index (χ2v) is 6.06. The van der Waals surface area contributed by atoms with Crippen molar-refractivity contribution in [2.24, 2.45) is 4.99 Å². The van der Waals surface area contributed by atoms with Crippen molar-refractivity contribution in [1.29, 1.82) is 0 Å². The molecule has 1 aromatic rings. The molecule has 2 aliphatic rings. The Bertz CT molecular complexity index is 613. The molecule has 1 saturated heterocycles. The van der Waals surface area contributed by atoms with Crippen LogP contribution in [-0.2, 0) is 0 Å². The fourth-order valence-electron chi connectivity index (χ4n) is 3.11. The number of hydrogen-bond acceptors (Lipinski definition) is 4. The maximum atomic E-state index is 12.9. The van der Waals surface area contributed by atoms with E-state index in [4.69, 9.17) is 9.47 Å². The highest BCUT2D eigenvalue weighted by Crippen LogP contribution is 2.37. The minimum absolute atomic E-state index is 0.0422. The van der Waals surface area contributed by atoms with Crippen molar-refractivity contribution in [3.05, 3.63) is 17.7 Å². The number of ether oxygens (including phenoxy) is 2. The molecule has 0 spiro atoms. The largest absolute Gasteiger partial charge is 0.493 e. The third-order valence-corrected chi connectivity index (χ3v) is 4.46. The molecule has 5 nitrogen and oxygen atoms in total. The first-order valence-corrected chi connectivity index (χ1v) is 8.44. The average Bonchev–Trinajstić information content (AvgIpc) is 2.72. The van der Waals surface area contributed by atoms with Crippen molar-refractivity contribution in [2.75, 3.05) is 20.3 Å². The first-order chi connectivity index (χ1) is 11.2. The number of piperidine rings is 1. The smallest absolute Gasteiger partial charge is 0.256 e. The molecular weight excluding hydrogens is 292 g/mol. The monoisotopic (exact) mass is 316 g/mol. The van der Waals surface area contributed by atoms with E-state index in [1.165, 1.54) is 0 Å². The minimum Gasteiger partial charge on any atom is -0.493 e. The van der Waals surface area contributed by atoms with Crippen LogP contribution in [0.1, 0.15) is 49.4 Å². The Hall–Kier alpha value is -2.04. The summed E-state index contributed by atoms with van der Waals surface area (Å²) in [6.45, 7) is 3.56. The molecule has 0 radical (unpaired) electrons. The molecule has 1 aromatic carbocycles. The van der Waals surface area contributed by atoms with Gasteiger partial charge in [0.15, 0.2) is 11.5 Å². The van der Waals surface area contributed by atoms with Gasteiger partial charge >= 0.3 is 0 Å². The van der Waals surface area contributed by atoms with Gasteiger partial charge in [0.2, 0.25) is 0 Å². The second kappa shape index (κ2) is 7.02. The van der Waals surface area contributed by atoms with Gasteiger partial charge in [-0.1, -0.05) is 13.3 Å². The highest BCUT2D eigenvalue weighted by atomic mass is 16.5. The maximum Gasteiger partial charge on any atom is 0.256 e. The van der Waals surface area contributed by atoms with Gasteiger partial charge in [0.05, 0.1) is 31.0 Å². The summed E-state index contributed by atoms with van der Waals surface area (Å²) in [6, 6.07) is 3.71. The predicted molar refractivity (Wildman–Crippen MR) is 90.2 cm³/mol. The van der Waals surface area contributed by atoms with Gasteiger partial charge in [-0.15, -0.1) is 0 Å². The van der Waals surface area contributed by atoms with Gasteiger partial charge in [0.1, 0.15) is 0 Å². The molecular formula is C18H24N2O3. The molecule has 2 aliphatic heterocycles. The standard InChI is InChI=1S/C18H24N2O3/c1-3-4-9-23-17-11-15-14(10-16(17)22-2)18(21)20-8-6-5-7-13(20)12-19-15/h10-13H,3-9H2,1-2H3/t13-/m0/s1. The Morgan fingerprint density at radius 3 is 2.96 bits per heavy atom. The lowest BCUT2D eigenvalue weighted by Crippen LogP contribution is -2.43. The molecule has 0 N–H and O–H groups in total. The summed E-state index contributed by atoms with van der Waals surface area (Å²) >= 11 is 0. The Kier molecular flexibility index (Phi) is 4.84. The summed E-state index contributed by atoms with van der Waals surface area (Å²) in [5.41, 5.74) is 1.28. The summed E-state index contributed by atoms with van der Waals surface area (Å²) in [6.07, 6.45) is 7.15. The molecule has 0 unspecified atom stereocenters. The molecule has 3 rings (SSSR count). The summed E-state index contributed by atoms with van der Waals surface area (Å²) in [5, 5.41) is 0. The van der Waals surface area contributed by atoms with Crippen LogP contribution in [-0.4, -0.2) is 43.3 Å². The summed E-state index contributed by atoms with van der Waals surface area (Å²) in [7, 11) is 1.60. The van der Waals surface area contributed by atoms with Crippen LogP contribution in [0.15, 0.2) is 17.1 Å². The number of benzene rings is 1. The van der Waals surface area contributed by atoms with Crippen LogP contribution in [0.3, 0.4) is 0 Å². The van der Waals surface area contributed by atoms with Crippen molar-refractivity contribution < 1.29 is 14.3 Å². The average molecular weight is 316 g/mol. The van der Waals surface area contributed by atoms with Crippen LogP contribution >= 0.6 is 0 Å². The zero-order chi connectivity index (χ0) is 16.2. The first-order valence-electron chi connectivity index (χ1n) is 8.44. The summed E-state index contributed by atoms with van der Waals surface area (Å²) in [4.78, 5) is 19.3. The van der Waals surface area contributed by atoms with Crippen LogP contribution in [0.2, 0.25) is 0 Å². The van der Waals surface area contributed by atoms with E-state index < -0.39 is 0 Å². The zero-order valence-electron chi connectivity index (χ0n) is 13.9. The van der Waals surface area contributed by atoms with Gasteiger partial charge in [0, 0.05) is 18.8 Å². The number of hydrogen-bond donors (Lipinski definition) is 0. The first kappa shape index (κ1) is 15.8. The third kappa shape index (κ3) is 3.19. The van der Waals surface area contributed by atoms with Crippen LogP contribution in [0.25, 0.3) is 0 Å². The zero-order valence-corrected chi connectivity index (χ0v) is 13.9. The summed E-state index contributed by atoms with van der Waals surface area (Å²) < 4.78 is 11.2. The summed E-state index contributed by atoms with van der Waals surface area (Å²) in [5.74, 6) is 1.30. The van der Waals surface area contributed by atoms with E-state index >= 15 is 0 Å². The fourth-order valence-corrected chi connectivity index (χ4v) is 3.11. The van der Waals surface area contributed by atoms with Crippen LogP contribution in [0.5, 0.6) is 11.5 Å². The van der Waals surface area contributed by atoms with Crippen molar-refractivity contribution in [2.45, 2.75) is 45.1 Å².